The summed E-state index contributed by atoms with van der Waals surface area (Å²) < 4.78 is 12.7. The van der Waals surface area contributed by atoms with E-state index in [1.54, 1.807) is 0 Å². The summed E-state index contributed by atoms with van der Waals surface area (Å²) in [5.74, 6) is 0. The number of rotatable bonds is 7. The molecular formula is C58H37NO2. The molecule has 0 fully saturated rings. The molecule has 0 aliphatic rings. The molecule has 0 saturated heterocycles. The number of hydrogen-bond acceptors (Lipinski definition) is 3. The first-order valence-corrected chi connectivity index (χ1v) is 20.8. The highest BCUT2D eigenvalue weighted by atomic mass is 16.3. The van der Waals surface area contributed by atoms with E-state index in [0.717, 1.165) is 88.8 Å². The minimum atomic E-state index is 0.870. The molecule has 0 aliphatic heterocycles. The lowest BCUT2D eigenvalue weighted by Gasteiger charge is -2.30. The number of benzene rings is 10. The van der Waals surface area contributed by atoms with Gasteiger partial charge in [0.1, 0.15) is 22.3 Å². The number of furan rings is 2. The van der Waals surface area contributed by atoms with Crippen LogP contribution in [0.5, 0.6) is 0 Å². The van der Waals surface area contributed by atoms with Gasteiger partial charge >= 0.3 is 0 Å². The molecular weight excluding hydrogens is 743 g/mol. The molecule has 3 nitrogen and oxygen atoms in total. The second-order valence-electron chi connectivity index (χ2n) is 15.5. The number of fused-ring (bicyclic) bond motifs is 7. The zero-order valence-electron chi connectivity index (χ0n) is 33.1. The molecule has 0 bridgehead atoms. The fourth-order valence-electron chi connectivity index (χ4n) is 9.43. The molecule has 286 valence electrons. The standard InChI is InChI=1S/C58H37NO2/c1-2-16-38(17-3-1)42-24-12-18-40-19-13-26-46(56(40)42)44-20-4-8-28-50(44)59(41-36-34-39(35-37-41)43-25-14-32-54-57(43)48-22-6-10-30-52(48)60-54)51-29-9-5-21-45(51)47-27-15-33-55-58(47)49-23-7-11-31-53(49)61-55/h1-37H. The van der Waals surface area contributed by atoms with Gasteiger partial charge in [0.25, 0.3) is 0 Å². The first-order valence-electron chi connectivity index (χ1n) is 20.8. The van der Waals surface area contributed by atoms with Gasteiger partial charge < -0.3 is 13.7 Å². The molecule has 0 radical (unpaired) electrons. The van der Waals surface area contributed by atoms with Crippen molar-refractivity contribution < 1.29 is 8.83 Å². The predicted molar refractivity (Wildman–Crippen MR) is 255 cm³/mol. The van der Waals surface area contributed by atoms with Crippen LogP contribution in [0.2, 0.25) is 0 Å². The van der Waals surface area contributed by atoms with Crippen LogP contribution in [0.15, 0.2) is 233 Å². The smallest absolute Gasteiger partial charge is 0.136 e. The van der Waals surface area contributed by atoms with Crippen molar-refractivity contribution in [3.05, 3.63) is 224 Å². The lowest BCUT2D eigenvalue weighted by molar-refractivity contribution is 0.668. The molecule has 0 amide bonds. The van der Waals surface area contributed by atoms with E-state index in [1.807, 2.05) is 18.2 Å². The van der Waals surface area contributed by atoms with Gasteiger partial charge in [-0.25, -0.2) is 0 Å². The average Bonchev–Trinajstić information content (AvgIpc) is 3.91. The maximum absolute atomic E-state index is 6.44. The zero-order chi connectivity index (χ0) is 40.3. The Morgan fingerprint density at radius 2 is 0.672 bits per heavy atom. The quantitative estimate of drug-likeness (QED) is 0.161. The largest absolute Gasteiger partial charge is 0.456 e. The van der Waals surface area contributed by atoms with Crippen LogP contribution in [0.4, 0.5) is 17.1 Å². The second kappa shape index (κ2) is 14.3. The Balaban J connectivity index is 1.11. The zero-order valence-corrected chi connectivity index (χ0v) is 33.1. The molecule has 0 unspecified atom stereocenters. The number of nitrogens with zero attached hydrogens (tertiary/aromatic N) is 1. The lowest BCUT2D eigenvalue weighted by Crippen LogP contribution is -2.12. The van der Waals surface area contributed by atoms with Crippen LogP contribution in [0.3, 0.4) is 0 Å². The minimum absolute atomic E-state index is 0.870. The topological polar surface area (TPSA) is 29.5 Å². The number of hydrogen-bond donors (Lipinski definition) is 0. The Morgan fingerprint density at radius 1 is 0.262 bits per heavy atom. The average molecular weight is 780 g/mol. The van der Waals surface area contributed by atoms with E-state index >= 15 is 0 Å². The summed E-state index contributed by atoms with van der Waals surface area (Å²) in [5, 5.41) is 6.88. The van der Waals surface area contributed by atoms with Crippen molar-refractivity contribution in [1.82, 2.24) is 0 Å². The van der Waals surface area contributed by atoms with E-state index in [9.17, 15) is 0 Å². The fraction of sp³-hybridized carbons (Fsp3) is 0. The maximum atomic E-state index is 6.44. The molecule has 0 N–H and O–H groups in total. The molecule has 61 heavy (non-hydrogen) atoms. The lowest BCUT2D eigenvalue weighted by atomic mass is 9.90. The van der Waals surface area contributed by atoms with Gasteiger partial charge in [-0.2, -0.15) is 0 Å². The summed E-state index contributed by atoms with van der Waals surface area (Å²) >= 11 is 0. The van der Waals surface area contributed by atoms with Gasteiger partial charge in [0.2, 0.25) is 0 Å². The van der Waals surface area contributed by atoms with Gasteiger partial charge in [-0.15, -0.1) is 0 Å². The first kappa shape index (κ1) is 34.9. The van der Waals surface area contributed by atoms with E-state index in [-0.39, 0.29) is 0 Å². The van der Waals surface area contributed by atoms with Gasteiger partial charge in [0, 0.05) is 38.4 Å². The van der Waals surface area contributed by atoms with E-state index in [4.69, 9.17) is 8.83 Å². The third kappa shape index (κ3) is 5.74. The second-order valence-corrected chi connectivity index (χ2v) is 15.5. The maximum Gasteiger partial charge on any atom is 0.136 e. The van der Waals surface area contributed by atoms with Crippen molar-refractivity contribution in [2.45, 2.75) is 0 Å². The van der Waals surface area contributed by atoms with E-state index in [0.29, 0.717) is 0 Å². The summed E-state index contributed by atoms with van der Waals surface area (Å²) in [5.41, 5.74) is 15.9. The Labute approximate surface area is 353 Å². The van der Waals surface area contributed by atoms with Crippen molar-refractivity contribution in [2.24, 2.45) is 0 Å². The summed E-state index contributed by atoms with van der Waals surface area (Å²) in [6.07, 6.45) is 0. The van der Waals surface area contributed by atoms with Crippen molar-refractivity contribution in [3.63, 3.8) is 0 Å². The van der Waals surface area contributed by atoms with Gasteiger partial charge in [-0.05, 0) is 92.7 Å². The summed E-state index contributed by atoms with van der Waals surface area (Å²) in [6.45, 7) is 0. The number of para-hydroxylation sites is 4. The Kier molecular flexibility index (Phi) is 8.17. The molecule has 0 spiro atoms. The van der Waals surface area contributed by atoms with Crippen molar-refractivity contribution in [1.29, 1.82) is 0 Å². The summed E-state index contributed by atoms with van der Waals surface area (Å²) in [6, 6.07) is 80.0. The van der Waals surface area contributed by atoms with Gasteiger partial charge in [0.05, 0.1) is 11.4 Å². The monoisotopic (exact) mass is 779 g/mol. The molecule has 0 aliphatic carbocycles. The first-order chi connectivity index (χ1) is 30.3. The van der Waals surface area contributed by atoms with Crippen LogP contribution in [0.25, 0.3) is 99.2 Å². The highest BCUT2D eigenvalue weighted by Crippen LogP contribution is 2.49. The van der Waals surface area contributed by atoms with Crippen LogP contribution < -0.4 is 4.90 Å². The fourth-order valence-corrected chi connectivity index (χ4v) is 9.43. The van der Waals surface area contributed by atoms with Crippen LogP contribution in [-0.2, 0) is 0 Å². The molecule has 12 aromatic rings. The van der Waals surface area contributed by atoms with Crippen molar-refractivity contribution in [3.8, 4) is 44.5 Å². The van der Waals surface area contributed by atoms with E-state index < -0.39 is 0 Å². The summed E-state index contributed by atoms with van der Waals surface area (Å²) in [4.78, 5) is 2.44. The van der Waals surface area contributed by atoms with Gasteiger partial charge in [0.15, 0.2) is 0 Å². The molecule has 0 atom stereocenters. The molecule has 2 heterocycles. The van der Waals surface area contributed by atoms with Crippen molar-refractivity contribution >= 4 is 71.7 Å². The van der Waals surface area contributed by atoms with Crippen LogP contribution in [-0.4, -0.2) is 0 Å². The SMILES string of the molecule is c1ccc(-c2cccc3cccc(-c4ccccc4N(c4ccc(-c5cccc6oc7ccccc7c56)cc4)c4ccccc4-c4cccc5oc6ccccc6c45)c23)cc1. The Morgan fingerprint density at radius 3 is 1.28 bits per heavy atom. The van der Waals surface area contributed by atoms with Crippen molar-refractivity contribution in [2.75, 3.05) is 4.90 Å². The van der Waals surface area contributed by atoms with E-state index in [1.165, 1.54) is 27.5 Å². The highest BCUT2D eigenvalue weighted by molar-refractivity contribution is 6.15. The number of anilines is 3. The molecule has 2 aromatic heterocycles. The van der Waals surface area contributed by atoms with E-state index in [2.05, 4.69) is 211 Å². The Bertz CT molecular complexity index is 3590. The highest BCUT2D eigenvalue weighted by Gasteiger charge is 2.24. The normalized spacial score (nSPS) is 11.6. The third-order valence-electron chi connectivity index (χ3n) is 12.1. The molecule has 0 saturated carbocycles. The predicted octanol–water partition coefficient (Wildman–Crippen LogP) is 16.8. The summed E-state index contributed by atoms with van der Waals surface area (Å²) in [7, 11) is 0. The van der Waals surface area contributed by atoms with Gasteiger partial charge in [-0.1, -0.05) is 176 Å². The third-order valence-corrected chi connectivity index (χ3v) is 12.1. The molecule has 10 aromatic carbocycles. The van der Waals surface area contributed by atoms with Crippen LogP contribution in [0.1, 0.15) is 0 Å². The molecule has 3 heteroatoms. The molecule has 12 rings (SSSR count). The van der Waals surface area contributed by atoms with Crippen LogP contribution >= 0.6 is 0 Å². The van der Waals surface area contributed by atoms with Gasteiger partial charge in [-0.3, -0.25) is 0 Å². The minimum Gasteiger partial charge on any atom is -0.456 e. The van der Waals surface area contributed by atoms with Crippen LogP contribution in [0, 0.1) is 0 Å². The Hall–Kier alpha value is -8.14.